The third-order valence-corrected chi connectivity index (χ3v) is 13.7. The second-order valence-electron chi connectivity index (χ2n) is 18.0. The molecule has 2 amide bonds. The highest BCUT2D eigenvalue weighted by atomic mass is 16.8. The second kappa shape index (κ2) is 18.5. The Bertz CT molecular complexity index is 2150. The van der Waals surface area contributed by atoms with Crippen LogP contribution in [-0.4, -0.2) is 140 Å². The van der Waals surface area contributed by atoms with Gasteiger partial charge in [-0.25, -0.2) is 9.59 Å². The number of hydrogen-bond acceptors (Lipinski definition) is 15. The van der Waals surface area contributed by atoms with E-state index in [1.807, 2.05) is 24.3 Å². The molecular weight excluding hydrogens is 837 g/mol. The van der Waals surface area contributed by atoms with Gasteiger partial charge in [-0.3, -0.25) is 9.59 Å². The zero-order chi connectivity index (χ0) is 45.6. The van der Waals surface area contributed by atoms with Crippen LogP contribution >= 0.6 is 0 Å². The van der Waals surface area contributed by atoms with Gasteiger partial charge in [-0.1, -0.05) is 12.1 Å². The van der Waals surface area contributed by atoms with Crippen LogP contribution in [0.5, 0.6) is 23.0 Å². The smallest absolute Gasteiger partial charge is 0.415 e. The number of aryl methyl sites for hydroxylation is 1. The highest BCUT2D eigenvalue weighted by Gasteiger charge is 2.55. The molecule has 64 heavy (non-hydrogen) atoms. The Morgan fingerprint density at radius 1 is 0.938 bits per heavy atom. The molecule has 3 N–H and O–H groups in total. The molecule has 2 unspecified atom stereocenters. The summed E-state index contributed by atoms with van der Waals surface area (Å²) in [7, 11) is 4.56. The van der Waals surface area contributed by atoms with E-state index in [0.717, 1.165) is 11.1 Å². The van der Waals surface area contributed by atoms with Crippen LogP contribution in [0.4, 0.5) is 9.59 Å². The van der Waals surface area contributed by atoms with E-state index in [9.17, 15) is 34.5 Å². The van der Waals surface area contributed by atoms with E-state index in [1.165, 1.54) is 16.9 Å². The van der Waals surface area contributed by atoms with E-state index < -0.39 is 84.6 Å². The van der Waals surface area contributed by atoms with Crippen molar-refractivity contribution in [1.82, 2.24) is 9.80 Å². The number of allylic oxidation sites excluding steroid dienone is 1. The van der Waals surface area contributed by atoms with E-state index in [4.69, 9.17) is 42.6 Å². The Morgan fingerprint density at radius 2 is 1.66 bits per heavy atom. The van der Waals surface area contributed by atoms with Gasteiger partial charge in [0.1, 0.15) is 36.3 Å². The highest BCUT2D eigenvalue weighted by molar-refractivity contribution is 5.86. The van der Waals surface area contributed by atoms with E-state index in [2.05, 4.69) is 0 Å². The van der Waals surface area contributed by atoms with Crippen LogP contribution in [0.25, 0.3) is 0 Å². The number of amides is 2. The molecule has 18 heteroatoms. The first kappa shape index (κ1) is 45.6. The van der Waals surface area contributed by atoms with Crippen molar-refractivity contribution in [2.45, 2.75) is 114 Å². The number of carboxylic acid groups (broad SMARTS) is 1. The van der Waals surface area contributed by atoms with Gasteiger partial charge < -0.3 is 67.8 Å². The van der Waals surface area contributed by atoms with Crippen molar-refractivity contribution in [1.29, 1.82) is 0 Å². The third kappa shape index (κ3) is 8.87. The zero-order valence-corrected chi connectivity index (χ0v) is 36.9. The van der Waals surface area contributed by atoms with Crippen LogP contribution < -0.4 is 18.9 Å². The Hall–Kier alpha value is -4.98. The topological polar surface area (TPSA) is 219 Å². The third-order valence-electron chi connectivity index (χ3n) is 13.7. The number of ketones is 1. The number of aliphatic hydroxyl groups excluding tert-OH is 2. The predicted octanol–water partition coefficient (Wildman–Crippen LogP) is 4.83. The molecule has 3 heterocycles. The van der Waals surface area contributed by atoms with Gasteiger partial charge in [-0.2, -0.15) is 0 Å². The molecule has 2 saturated heterocycles. The van der Waals surface area contributed by atoms with Crippen molar-refractivity contribution < 1.29 is 77.1 Å². The van der Waals surface area contributed by atoms with E-state index in [-0.39, 0.29) is 49.7 Å². The lowest BCUT2D eigenvalue weighted by Crippen LogP contribution is -2.63. The first-order chi connectivity index (χ1) is 30.6. The molecule has 8 rings (SSSR count). The number of rotatable bonds is 10. The fourth-order valence-electron chi connectivity index (χ4n) is 9.84. The van der Waals surface area contributed by atoms with Gasteiger partial charge in [-0.05, 0) is 99.4 Å². The summed E-state index contributed by atoms with van der Waals surface area (Å²) in [4.78, 5) is 55.1. The normalized spacial score (nSPS) is 33.4. The number of nitrogens with zero attached hydrogens (tertiary/aromatic N) is 2. The molecule has 6 aliphatic rings. The molecule has 0 bridgehead atoms. The standard InChI is InChI=1S/C46H58N2O16/c1-23-17-25(18-33(56-6)39(23)64-45(55)48(5)16-15-47(4)44(54)61-26-9-7-8-13-46(3,14-12-26)43(52)53)35-28-19-31-32(59-22-58-31)20-29(28)40(27-10-11-30(49)36(27)35)63-42-38(51)37(50)41-34(62-42)21-57-24(2)60-41/h7,9,17-20,24,26-27,34-38,40-42,50-51H,8,10-16,21-22H2,1-6H3,(H,52,53)/b9-7+/t24-,26+,27+,34-,35-,36-,37-,38-,40?,41-,42?,46-/m1/s1. The zero-order valence-electron chi connectivity index (χ0n) is 36.9. The van der Waals surface area contributed by atoms with Crippen molar-refractivity contribution in [2.24, 2.45) is 17.3 Å². The minimum atomic E-state index is -1.45. The molecular formula is C46H58N2O16. The molecule has 0 aromatic heterocycles. The van der Waals surface area contributed by atoms with Gasteiger partial charge >= 0.3 is 18.2 Å². The quantitative estimate of drug-likeness (QED) is 0.272. The number of carbonyl (C=O) groups excluding carboxylic acids is 3. The fraction of sp³-hybridized carbons (Fsp3) is 0.609. The van der Waals surface area contributed by atoms with Crippen LogP contribution in [0, 0.1) is 24.2 Å². The lowest BCUT2D eigenvalue weighted by atomic mass is 9.66. The summed E-state index contributed by atoms with van der Waals surface area (Å²) in [5.41, 5.74) is 1.86. The SMILES string of the molecule is COc1cc([C@@H]2c3cc4c(cc3C(OC3O[C@@H]5CO[C@@H](C)O[C@H]5[C@H](O)[C@H]3O)[C@H]3CCC(=O)[C@H]23)OCO4)cc(C)c1OC(=O)N(C)CCN(C)C(=O)O[C@H]1/C=C/CC[C@@](C)(C(=O)O)CC1. The molecule has 2 aromatic carbocycles. The van der Waals surface area contributed by atoms with Crippen molar-refractivity contribution in [3.8, 4) is 23.0 Å². The largest absolute Gasteiger partial charge is 0.493 e. The summed E-state index contributed by atoms with van der Waals surface area (Å²) in [6.45, 7) is 5.57. The van der Waals surface area contributed by atoms with Gasteiger partial charge in [0.25, 0.3) is 0 Å². The van der Waals surface area contributed by atoms with Gasteiger partial charge in [0, 0.05) is 51.4 Å². The average Bonchev–Trinajstić information content (AvgIpc) is 3.89. The lowest BCUT2D eigenvalue weighted by Gasteiger charge is -2.48. The van der Waals surface area contributed by atoms with Crippen LogP contribution in [0.3, 0.4) is 0 Å². The van der Waals surface area contributed by atoms with Crippen LogP contribution in [0.2, 0.25) is 0 Å². The average molecular weight is 895 g/mol. The maximum atomic E-state index is 14.0. The first-order valence-electron chi connectivity index (χ1n) is 21.9. The van der Waals surface area contributed by atoms with Crippen molar-refractivity contribution in [3.05, 3.63) is 58.7 Å². The van der Waals surface area contributed by atoms with Crippen LogP contribution in [-0.2, 0) is 33.3 Å². The molecule has 3 fully saturated rings. The number of aliphatic carboxylic acids is 1. The number of hydrogen-bond donors (Lipinski definition) is 3. The molecule has 348 valence electrons. The number of aliphatic hydroxyl groups is 2. The molecule has 12 atom stereocenters. The van der Waals surface area contributed by atoms with E-state index in [0.29, 0.717) is 61.2 Å². The molecule has 3 aliphatic heterocycles. The molecule has 3 aliphatic carbocycles. The maximum Gasteiger partial charge on any atom is 0.415 e. The molecule has 1 saturated carbocycles. The van der Waals surface area contributed by atoms with Crippen LogP contribution in [0.1, 0.15) is 86.6 Å². The second-order valence-corrected chi connectivity index (χ2v) is 18.0. The summed E-state index contributed by atoms with van der Waals surface area (Å²) in [5.74, 6) is -0.825. The molecule has 0 spiro atoms. The molecule has 18 nitrogen and oxygen atoms in total. The summed E-state index contributed by atoms with van der Waals surface area (Å²) < 4.78 is 53.3. The lowest BCUT2D eigenvalue weighted by molar-refractivity contribution is -0.364. The summed E-state index contributed by atoms with van der Waals surface area (Å²) in [6.07, 6.45) is -2.48. The Morgan fingerprint density at radius 3 is 2.38 bits per heavy atom. The summed E-state index contributed by atoms with van der Waals surface area (Å²) in [5, 5.41) is 32.1. The number of Topliss-reactive ketones (excluding diaryl/α,β-unsaturated/α-hetero) is 1. The number of carboxylic acids is 1. The predicted molar refractivity (Wildman–Crippen MR) is 223 cm³/mol. The Balaban J connectivity index is 0.986. The molecule has 0 radical (unpaired) electrons. The Kier molecular flexibility index (Phi) is 13.2. The summed E-state index contributed by atoms with van der Waals surface area (Å²) >= 11 is 0. The van der Waals surface area contributed by atoms with E-state index in [1.54, 1.807) is 47.0 Å². The first-order valence-corrected chi connectivity index (χ1v) is 21.9. The van der Waals surface area contributed by atoms with E-state index >= 15 is 0 Å². The molecule has 2 aromatic rings. The van der Waals surface area contributed by atoms with Crippen molar-refractivity contribution in [2.75, 3.05) is 47.7 Å². The highest BCUT2D eigenvalue weighted by Crippen LogP contribution is 2.58. The van der Waals surface area contributed by atoms with Crippen molar-refractivity contribution >= 4 is 23.9 Å². The number of likely N-dealkylation sites (N-methyl/N-ethyl adjacent to an activating group) is 2. The van der Waals surface area contributed by atoms with Gasteiger partial charge in [0.15, 0.2) is 35.6 Å². The minimum Gasteiger partial charge on any atom is -0.493 e. The van der Waals surface area contributed by atoms with Gasteiger partial charge in [-0.15, -0.1) is 0 Å². The number of carbonyl (C=O) groups is 4. The number of methoxy groups -OCH3 is 1. The minimum absolute atomic E-state index is 0.00790. The Labute approximate surface area is 371 Å². The van der Waals surface area contributed by atoms with Gasteiger partial charge in [0.05, 0.1) is 25.2 Å². The van der Waals surface area contributed by atoms with Crippen LogP contribution in [0.15, 0.2) is 36.4 Å². The van der Waals surface area contributed by atoms with Crippen molar-refractivity contribution in [3.63, 3.8) is 0 Å². The number of fused-ring (bicyclic) bond motifs is 4. The number of benzene rings is 2. The monoisotopic (exact) mass is 894 g/mol. The number of ether oxygens (including phenoxy) is 9. The fourth-order valence-corrected chi connectivity index (χ4v) is 9.84. The summed E-state index contributed by atoms with van der Waals surface area (Å²) in [6, 6.07) is 7.33. The van der Waals surface area contributed by atoms with Gasteiger partial charge in [0.2, 0.25) is 6.79 Å². The maximum absolute atomic E-state index is 14.0.